The van der Waals surface area contributed by atoms with Crippen LogP contribution in [0.3, 0.4) is 0 Å². The first-order valence-electron chi connectivity index (χ1n) is 4.65. The van der Waals surface area contributed by atoms with Crippen LogP contribution in [0.1, 0.15) is 4.88 Å². The van der Waals surface area contributed by atoms with Gasteiger partial charge in [-0.05, 0) is 12.1 Å². The van der Waals surface area contributed by atoms with Crippen LogP contribution in [0.4, 0.5) is 4.39 Å². The van der Waals surface area contributed by atoms with Crippen molar-refractivity contribution in [2.24, 2.45) is 0 Å². The minimum absolute atomic E-state index is 0.132. The fourth-order valence-corrected chi connectivity index (χ4v) is 2.14. The first-order valence-corrected chi connectivity index (χ1v) is 5.46. The maximum absolute atomic E-state index is 13.1. The summed E-state index contributed by atoms with van der Waals surface area (Å²) >= 11 is 1.25. The molecule has 0 bridgehead atoms. The molecule has 1 N–H and O–H groups in total. The first-order chi connectivity index (χ1) is 7.74. The summed E-state index contributed by atoms with van der Waals surface area (Å²) in [5.41, 5.74) is 1.22. The smallest absolute Gasteiger partial charge is 0.273 e. The van der Waals surface area contributed by atoms with Crippen LogP contribution >= 0.6 is 11.3 Å². The van der Waals surface area contributed by atoms with Gasteiger partial charge in [-0.25, -0.2) is 9.37 Å². The van der Waals surface area contributed by atoms with E-state index >= 15 is 0 Å². The molecule has 0 radical (unpaired) electrons. The Bertz CT molecular complexity index is 498. The van der Waals surface area contributed by atoms with E-state index in [0.29, 0.717) is 21.3 Å². The van der Waals surface area contributed by atoms with Crippen LogP contribution in [0.5, 0.6) is 5.19 Å². The zero-order chi connectivity index (χ0) is 11.5. The zero-order valence-corrected chi connectivity index (χ0v) is 9.42. The standard InChI is InChI=1S/C11H10FNO2S/c1-15-11-13-10(9(6-14)16-11)7-3-2-4-8(12)5-7/h2-5,14H,6H2,1H3. The summed E-state index contributed by atoms with van der Waals surface area (Å²) in [7, 11) is 1.51. The number of aliphatic hydroxyl groups excluding tert-OH is 1. The third kappa shape index (κ3) is 2.05. The molecule has 0 aliphatic carbocycles. The second kappa shape index (κ2) is 4.59. The fourth-order valence-electron chi connectivity index (χ4n) is 1.39. The van der Waals surface area contributed by atoms with Gasteiger partial charge < -0.3 is 9.84 Å². The van der Waals surface area contributed by atoms with Crippen molar-refractivity contribution in [2.45, 2.75) is 6.61 Å². The highest BCUT2D eigenvalue weighted by atomic mass is 32.1. The van der Waals surface area contributed by atoms with Crippen molar-refractivity contribution in [3.05, 3.63) is 35.0 Å². The summed E-state index contributed by atoms with van der Waals surface area (Å²) in [6, 6.07) is 6.10. The second-order valence-corrected chi connectivity index (χ2v) is 4.17. The van der Waals surface area contributed by atoms with Gasteiger partial charge in [-0.3, -0.25) is 0 Å². The lowest BCUT2D eigenvalue weighted by Gasteiger charge is -1.99. The van der Waals surface area contributed by atoms with Gasteiger partial charge in [0.15, 0.2) is 0 Å². The average Bonchev–Trinajstić information content (AvgIpc) is 2.72. The predicted octanol–water partition coefficient (Wildman–Crippen LogP) is 2.45. The Morgan fingerprint density at radius 2 is 2.31 bits per heavy atom. The van der Waals surface area contributed by atoms with E-state index in [1.54, 1.807) is 12.1 Å². The lowest BCUT2D eigenvalue weighted by molar-refractivity contribution is 0.286. The summed E-state index contributed by atoms with van der Waals surface area (Å²) in [6.45, 7) is -0.132. The van der Waals surface area contributed by atoms with Gasteiger partial charge >= 0.3 is 0 Å². The van der Waals surface area contributed by atoms with Crippen molar-refractivity contribution in [1.82, 2.24) is 4.98 Å². The molecule has 0 atom stereocenters. The van der Waals surface area contributed by atoms with Crippen molar-refractivity contribution in [1.29, 1.82) is 0 Å². The van der Waals surface area contributed by atoms with Gasteiger partial charge in [0.25, 0.3) is 5.19 Å². The number of aromatic nitrogens is 1. The lowest BCUT2D eigenvalue weighted by Crippen LogP contribution is -1.86. The van der Waals surface area contributed by atoms with Crippen LogP contribution in [0.15, 0.2) is 24.3 Å². The molecule has 3 nitrogen and oxygen atoms in total. The summed E-state index contributed by atoms with van der Waals surface area (Å²) in [4.78, 5) is 4.85. The summed E-state index contributed by atoms with van der Waals surface area (Å²) in [5, 5.41) is 9.64. The first kappa shape index (κ1) is 11.0. The molecule has 84 valence electrons. The maximum atomic E-state index is 13.1. The third-order valence-corrected chi connectivity index (χ3v) is 3.10. The zero-order valence-electron chi connectivity index (χ0n) is 8.61. The maximum Gasteiger partial charge on any atom is 0.273 e. The number of hydrogen-bond acceptors (Lipinski definition) is 4. The van der Waals surface area contributed by atoms with Gasteiger partial charge in [0.2, 0.25) is 0 Å². The largest absolute Gasteiger partial charge is 0.473 e. The van der Waals surface area contributed by atoms with Crippen LogP contribution in [-0.4, -0.2) is 17.2 Å². The van der Waals surface area contributed by atoms with E-state index < -0.39 is 0 Å². The van der Waals surface area contributed by atoms with E-state index in [1.165, 1.54) is 30.6 Å². The molecule has 2 aromatic rings. The average molecular weight is 239 g/mol. The topological polar surface area (TPSA) is 42.4 Å². The second-order valence-electron chi connectivity index (χ2n) is 3.12. The molecule has 0 saturated heterocycles. The van der Waals surface area contributed by atoms with Crippen molar-refractivity contribution < 1.29 is 14.2 Å². The van der Waals surface area contributed by atoms with Gasteiger partial charge in [0, 0.05) is 5.56 Å². The van der Waals surface area contributed by atoms with Gasteiger partial charge in [-0.2, -0.15) is 0 Å². The molecule has 1 heterocycles. The highest BCUT2D eigenvalue weighted by molar-refractivity contribution is 7.13. The molecule has 0 unspecified atom stereocenters. The number of halogens is 1. The van der Waals surface area contributed by atoms with E-state index in [2.05, 4.69) is 4.98 Å². The molecular weight excluding hydrogens is 229 g/mol. The number of thiazole rings is 1. The monoisotopic (exact) mass is 239 g/mol. The molecule has 0 aliphatic rings. The van der Waals surface area contributed by atoms with E-state index in [9.17, 15) is 9.50 Å². The SMILES string of the molecule is COc1nc(-c2cccc(F)c2)c(CO)s1. The Hall–Kier alpha value is -1.46. The minimum atomic E-state index is -0.326. The molecular formula is C11H10FNO2S. The number of benzene rings is 1. The highest BCUT2D eigenvalue weighted by Gasteiger charge is 2.13. The Morgan fingerprint density at radius 3 is 2.94 bits per heavy atom. The predicted molar refractivity (Wildman–Crippen MR) is 60.0 cm³/mol. The number of ether oxygens (including phenoxy) is 1. The van der Waals surface area contributed by atoms with Gasteiger partial charge in [0.1, 0.15) is 5.82 Å². The van der Waals surface area contributed by atoms with Gasteiger partial charge in [-0.15, -0.1) is 0 Å². The molecule has 5 heteroatoms. The number of aliphatic hydroxyl groups is 1. The van der Waals surface area contributed by atoms with Crippen LogP contribution in [0.2, 0.25) is 0 Å². The van der Waals surface area contributed by atoms with Crippen LogP contribution in [0, 0.1) is 5.82 Å². The van der Waals surface area contributed by atoms with E-state index in [0.717, 1.165) is 0 Å². The Labute approximate surface area is 96.2 Å². The number of rotatable bonds is 3. The number of nitrogens with zero attached hydrogens (tertiary/aromatic N) is 1. The van der Waals surface area contributed by atoms with Crippen LogP contribution in [0.25, 0.3) is 11.3 Å². The lowest BCUT2D eigenvalue weighted by atomic mass is 10.1. The summed E-state index contributed by atoms with van der Waals surface area (Å²) < 4.78 is 18.1. The van der Waals surface area contributed by atoms with Crippen LogP contribution in [-0.2, 0) is 6.61 Å². The summed E-state index contributed by atoms with van der Waals surface area (Å²) in [5.74, 6) is -0.326. The minimum Gasteiger partial charge on any atom is -0.473 e. The number of methoxy groups -OCH3 is 1. The number of hydrogen-bond donors (Lipinski definition) is 1. The molecule has 1 aromatic heterocycles. The van der Waals surface area contributed by atoms with Gasteiger partial charge in [0.05, 0.1) is 24.3 Å². The molecule has 1 aromatic carbocycles. The molecule has 0 aliphatic heterocycles. The Balaban J connectivity index is 2.50. The normalized spacial score (nSPS) is 10.4. The molecule has 0 fully saturated rings. The van der Waals surface area contributed by atoms with E-state index in [1.807, 2.05) is 0 Å². The molecule has 0 saturated carbocycles. The van der Waals surface area contributed by atoms with E-state index in [4.69, 9.17) is 4.74 Å². The highest BCUT2D eigenvalue weighted by Crippen LogP contribution is 2.32. The molecule has 0 amide bonds. The van der Waals surface area contributed by atoms with Crippen molar-refractivity contribution in [3.63, 3.8) is 0 Å². The molecule has 16 heavy (non-hydrogen) atoms. The fraction of sp³-hybridized carbons (Fsp3) is 0.182. The van der Waals surface area contributed by atoms with Crippen LogP contribution < -0.4 is 4.74 Å². The molecule has 2 rings (SSSR count). The van der Waals surface area contributed by atoms with E-state index in [-0.39, 0.29) is 12.4 Å². The van der Waals surface area contributed by atoms with Crippen molar-refractivity contribution >= 4 is 11.3 Å². The third-order valence-electron chi connectivity index (χ3n) is 2.09. The van der Waals surface area contributed by atoms with Crippen molar-refractivity contribution in [3.8, 4) is 16.5 Å². The Morgan fingerprint density at radius 1 is 1.50 bits per heavy atom. The molecule has 0 spiro atoms. The summed E-state index contributed by atoms with van der Waals surface area (Å²) in [6.07, 6.45) is 0. The quantitative estimate of drug-likeness (QED) is 0.894. The Kier molecular flexibility index (Phi) is 3.17. The van der Waals surface area contributed by atoms with Crippen molar-refractivity contribution in [2.75, 3.05) is 7.11 Å². The van der Waals surface area contributed by atoms with Gasteiger partial charge in [-0.1, -0.05) is 23.5 Å².